The molecule has 3 rings (SSSR count). The molecule has 0 radical (unpaired) electrons. The highest BCUT2D eigenvalue weighted by Crippen LogP contribution is 2.20. The molecular formula is C20H24N2O4. The van der Waals surface area contributed by atoms with E-state index in [0.717, 1.165) is 41.7 Å². The van der Waals surface area contributed by atoms with Crippen molar-refractivity contribution in [3.05, 3.63) is 51.9 Å². The molecule has 26 heavy (non-hydrogen) atoms. The van der Waals surface area contributed by atoms with Gasteiger partial charge >= 0.3 is 5.97 Å². The lowest BCUT2D eigenvalue weighted by atomic mass is 10.1. The van der Waals surface area contributed by atoms with Crippen LogP contribution in [0.5, 0.6) is 0 Å². The Balaban J connectivity index is 2.00. The molecule has 2 heterocycles. The Hall–Kier alpha value is -2.60. The summed E-state index contributed by atoms with van der Waals surface area (Å²) in [7, 11) is 0. The van der Waals surface area contributed by atoms with E-state index in [4.69, 9.17) is 4.74 Å². The Labute approximate surface area is 151 Å². The summed E-state index contributed by atoms with van der Waals surface area (Å²) in [6.45, 7) is 5.02. The van der Waals surface area contributed by atoms with E-state index in [1.165, 1.54) is 0 Å². The van der Waals surface area contributed by atoms with Crippen LogP contribution in [0.15, 0.2) is 35.1 Å². The fourth-order valence-corrected chi connectivity index (χ4v) is 3.09. The Morgan fingerprint density at radius 3 is 2.77 bits per heavy atom. The molecule has 6 nitrogen and oxygen atoms in total. The first kappa shape index (κ1) is 18.2. The van der Waals surface area contributed by atoms with Crippen molar-refractivity contribution >= 4 is 22.5 Å². The topological polar surface area (TPSA) is 83.8 Å². The van der Waals surface area contributed by atoms with Gasteiger partial charge in [-0.05, 0) is 36.2 Å². The summed E-state index contributed by atoms with van der Waals surface area (Å²) in [4.78, 5) is 26.5. The smallest absolute Gasteiger partial charge is 0.306 e. The molecule has 0 amide bonds. The molecule has 3 aromatic rings. The molecule has 6 heteroatoms. The maximum absolute atomic E-state index is 12.4. The van der Waals surface area contributed by atoms with Crippen LogP contribution in [0.25, 0.3) is 16.6 Å². The zero-order valence-electron chi connectivity index (χ0n) is 15.1. The number of nitrogens with one attached hydrogen (secondary N) is 1. The number of H-pyrrole nitrogens is 1. The van der Waals surface area contributed by atoms with Crippen molar-refractivity contribution in [2.45, 2.75) is 39.7 Å². The number of benzene rings is 1. The lowest BCUT2D eigenvalue weighted by Gasteiger charge is -2.11. The molecule has 1 atom stereocenters. The van der Waals surface area contributed by atoms with Crippen molar-refractivity contribution in [1.82, 2.24) is 9.38 Å². The molecule has 0 saturated carbocycles. The van der Waals surface area contributed by atoms with E-state index in [1.807, 2.05) is 28.7 Å². The largest absolute Gasteiger partial charge is 0.481 e. The zero-order chi connectivity index (χ0) is 18.7. The van der Waals surface area contributed by atoms with Crippen LogP contribution in [-0.2, 0) is 22.6 Å². The van der Waals surface area contributed by atoms with Crippen LogP contribution in [0.1, 0.15) is 37.9 Å². The van der Waals surface area contributed by atoms with E-state index in [9.17, 15) is 14.7 Å². The number of carboxylic acids is 1. The fraction of sp³-hybridized carbons (Fsp3) is 0.400. The molecule has 0 aliphatic carbocycles. The molecule has 2 aromatic heterocycles. The first-order valence-corrected chi connectivity index (χ1v) is 8.97. The van der Waals surface area contributed by atoms with Crippen LogP contribution in [-0.4, -0.2) is 27.1 Å². The van der Waals surface area contributed by atoms with E-state index in [2.05, 4.69) is 11.9 Å². The Bertz CT molecular complexity index is 987. The van der Waals surface area contributed by atoms with Crippen molar-refractivity contribution in [2.75, 3.05) is 6.61 Å². The number of carboxylic acid groups (broad SMARTS) is 1. The standard InChI is InChI=1S/C20H24N2O4/c1-3-4-9-26-12-14-5-7-17-16(11-14)21-19(23)18-8-6-15(22(17)18)10-13(2)20(24)25/h5-8,11,13H,3-4,9-10,12H2,1-2H3,(H,21,23)(H,24,25)/t13-/m1/s1. The van der Waals surface area contributed by atoms with Crippen LogP contribution in [0, 0.1) is 5.92 Å². The zero-order valence-corrected chi connectivity index (χ0v) is 15.1. The molecule has 0 fully saturated rings. The summed E-state index contributed by atoms with van der Waals surface area (Å²) in [6, 6.07) is 9.42. The fourth-order valence-electron chi connectivity index (χ4n) is 3.09. The van der Waals surface area contributed by atoms with Gasteiger partial charge in [0.15, 0.2) is 0 Å². The number of hydrogen-bond acceptors (Lipinski definition) is 3. The Kier molecular flexibility index (Phi) is 5.42. The monoisotopic (exact) mass is 356 g/mol. The average Bonchev–Trinajstić information content (AvgIpc) is 3.03. The van der Waals surface area contributed by atoms with Gasteiger partial charge in [-0.3, -0.25) is 9.59 Å². The molecule has 0 aliphatic heterocycles. The Morgan fingerprint density at radius 2 is 2.04 bits per heavy atom. The first-order chi connectivity index (χ1) is 12.5. The van der Waals surface area contributed by atoms with Gasteiger partial charge in [0.25, 0.3) is 5.56 Å². The maximum Gasteiger partial charge on any atom is 0.306 e. The van der Waals surface area contributed by atoms with E-state index < -0.39 is 11.9 Å². The number of aromatic amines is 1. The van der Waals surface area contributed by atoms with E-state index in [0.29, 0.717) is 18.5 Å². The first-order valence-electron chi connectivity index (χ1n) is 8.97. The summed E-state index contributed by atoms with van der Waals surface area (Å²) in [5.41, 5.74) is 3.73. The SMILES string of the molecule is CCCCOCc1ccc2c(c1)[nH]c(=O)c1ccc(C[C@@H](C)C(=O)O)n12. The van der Waals surface area contributed by atoms with Gasteiger partial charge in [0.05, 0.1) is 23.6 Å². The third-order valence-corrected chi connectivity index (χ3v) is 4.59. The summed E-state index contributed by atoms with van der Waals surface area (Å²) in [6.07, 6.45) is 2.48. The van der Waals surface area contributed by atoms with Gasteiger partial charge in [0.2, 0.25) is 0 Å². The summed E-state index contributed by atoms with van der Waals surface area (Å²) in [5.74, 6) is -1.37. The Morgan fingerprint density at radius 1 is 1.27 bits per heavy atom. The number of nitrogens with zero attached hydrogens (tertiary/aromatic N) is 1. The molecule has 0 aliphatic rings. The minimum atomic E-state index is -0.847. The second kappa shape index (κ2) is 7.74. The second-order valence-electron chi connectivity index (χ2n) is 6.70. The number of carbonyl (C=O) groups is 1. The quantitative estimate of drug-likeness (QED) is 0.606. The van der Waals surface area contributed by atoms with Crippen molar-refractivity contribution in [3.8, 4) is 0 Å². The van der Waals surface area contributed by atoms with Gasteiger partial charge in [-0.15, -0.1) is 0 Å². The number of ether oxygens (including phenoxy) is 1. The normalized spacial score (nSPS) is 12.7. The van der Waals surface area contributed by atoms with Gasteiger partial charge in [0, 0.05) is 18.7 Å². The van der Waals surface area contributed by atoms with Gasteiger partial charge in [-0.25, -0.2) is 0 Å². The van der Waals surface area contributed by atoms with Crippen molar-refractivity contribution < 1.29 is 14.6 Å². The highest BCUT2D eigenvalue weighted by Gasteiger charge is 2.16. The van der Waals surface area contributed by atoms with E-state index in [1.54, 1.807) is 13.0 Å². The van der Waals surface area contributed by atoms with Gasteiger partial charge < -0.3 is 19.2 Å². The van der Waals surface area contributed by atoms with Crippen LogP contribution in [0.4, 0.5) is 0 Å². The van der Waals surface area contributed by atoms with Crippen LogP contribution in [0.3, 0.4) is 0 Å². The second-order valence-corrected chi connectivity index (χ2v) is 6.70. The van der Waals surface area contributed by atoms with Gasteiger partial charge in [-0.2, -0.15) is 0 Å². The molecular weight excluding hydrogens is 332 g/mol. The van der Waals surface area contributed by atoms with Gasteiger partial charge in [-0.1, -0.05) is 26.3 Å². The molecule has 0 bridgehead atoms. The minimum absolute atomic E-state index is 0.184. The number of rotatable bonds is 8. The van der Waals surface area contributed by atoms with E-state index >= 15 is 0 Å². The molecule has 2 N–H and O–H groups in total. The van der Waals surface area contributed by atoms with Gasteiger partial charge in [0.1, 0.15) is 5.52 Å². The predicted octanol–water partition coefficient (Wildman–Crippen LogP) is 3.36. The molecule has 138 valence electrons. The number of aliphatic carboxylic acids is 1. The average molecular weight is 356 g/mol. The van der Waals surface area contributed by atoms with Crippen LogP contribution < -0.4 is 5.56 Å². The lowest BCUT2D eigenvalue weighted by Crippen LogP contribution is -2.15. The number of fused-ring (bicyclic) bond motifs is 3. The van der Waals surface area contributed by atoms with Crippen molar-refractivity contribution in [3.63, 3.8) is 0 Å². The van der Waals surface area contributed by atoms with Crippen LogP contribution in [0.2, 0.25) is 0 Å². The van der Waals surface area contributed by atoms with E-state index in [-0.39, 0.29) is 5.56 Å². The predicted molar refractivity (Wildman–Crippen MR) is 101 cm³/mol. The summed E-state index contributed by atoms with van der Waals surface area (Å²) in [5, 5.41) is 9.19. The number of unbranched alkanes of at least 4 members (excludes halogenated alkanes) is 1. The third-order valence-electron chi connectivity index (χ3n) is 4.59. The van der Waals surface area contributed by atoms with Crippen molar-refractivity contribution in [1.29, 1.82) is 0 Å². The third kappa shape index (κ3) is 3.65. The molecule has 1 aromatic carbocycles. The highest BCUT2D eigenvalue weighted by molar-refractivity contribution is 5.79. The number of hydrogen-bond donors (Lipinski definition) is 2. The molecule has 0 saturated heterocycles. The summed E-state index contributed by atoms with van der Waals surface area (Å²) < 4.78 is 7.51. The lowest BCUT2D eigenvalue weighted by molar-refractivity contribution is -0.141. The minimum Gasteiger partial charge on any atom is -0.481 e. The van der Waals surface area contributed by atoms with Crippen LogP contribution >= 0.6 is 0 Å². The maximum atomic E-state index is 12.4. The number of aromatic nitrogens is 2. The highest BCUT2D eigenvalue weighted by atomic mass is 16.5. The molecule has 0 unspecified atom stereocenters. The molecule has 0 spiro atoms. The van der Waals surface area contributed by atoms with Crippen molar-refractivity contribution in [2.24, 2.45) is 5.92 Å². The summed E-state index contributed by atoms with van der Waals surface area (Å²) >= 11 is 0.